The van der Waals surface area contributed by atoms with E-state index in [1.807, 2.05) is 6.20 Å². The maximum atomic E-state index is 5.49. The first-order valence-corrected chi connectivity index (χ1v) is 10.0. The molecule has 3 heterocycles. The van der Waals surface area contributed by atoms with Crippen molar-refractivity contribution < 1.29 is 4.74 Å². The maximum Gasteiger partial charge on any atom is 0.194 e. The van der Waals surface area contributed by atoms with E-state index in [0.29, 0.717) is 18.5 Å². The van der Waals surface area contributed by atoms with Crippen LogP contribution >= 0.6 is 0 Å². The number of aromatic nitrogens is 2. The number of rotatable bonds is 6. The van der Waals surface area contributed by atoms with Crippen LogP contribution in [0.5, 0.6) is 0 Å². The second kappa shape index (κ2) is 9.37. The predicted octanol–water partition coefficient (Wildman–Crippen LogP) is 1.41. The maximum absolute atomic E-state index is 5.49. The van der Waals surface area contributed by atoms with E-state index < -0.39 is 0 Å². The monoisotopic (exact) mass is 362 g/mol. The fourth-order valence-corrected chi connectivity index (χ4v) is 3.80. The largest absolute Gasteiger partial charge is 0.379 e. The van der Waals surface area contributed by atoms with Gasteiger partial charge in [0, 0.05) is 57.7 Å². The second-order valence-electron chi connectivity index (χ2n) is 7.60. The van der Waals surface area contributed by atoms with Gasteiger partial charge >= 0.3 is 0 Å². The lowest BCUT2D eigenvalue weighted by molar-refractivity contribution is 0.0195. The molecule has 0 bridgehead atoms. The van der Waals surface area contributed by atoms with Crippen molar-refractivity contribution >= 4 is 5.96 Å². The zero-order valence-corrected chi connectivity index (χ0v) is 16.5. The molecule has 1 aromatic rings. The molecule has 0 radical (unpaired) electrons. The van der Waals surface area contributed by atoms with Gasteiger partial charge in [0.1, 0.15) is 12.4 Å². The van der Waals surface area contributed by atoms with E-state index in [2.05, 4.69) is 51.6 Å². The van der Waals surface area contributed by atoms with Crippen LogP contribution < -0.4 is 5.32 Å². The third-order valence-corrected chi connectivity index (χ3v) is 5.09. The predicted molar refractivity (Wildman–Crippen MR) is 104 cm³/mol. The van der Waals surface area contributed by atoms with E-state index in [9.17, 15) is 0 Å². The Bertz CT molecular complexity index is 578. The summed E-state index contributed by atoms with van der Waals surface area (Å²) in [5.74, 6) is 2.66. The molecule has 1 aromatic heterocycles. The molecule has 0 amide bonds. The van der Waals surface area contributed by atoms with Crippen molar-refractivity contribution in [2.45, 2.75) is 46.3 Å². The first-order chi connectivity index (χ1) is 12.7. The number of aliphatic imine (C=N–C) groups is 1. The first-order valence-electron chi connectivity index (χ1n) is 10.0. The van der Waals surface area contributed by atoms with Crippen molar-refractivity contribution in [3.63, 3.8) is 0 Å². The van der Waals surface area contributed by atoms with E-state index in [-0.39, 0.29) is 0 Å². The molecule has 2 fully saturated rings. The van der Waals surface area contributed by atoms with Gasteiger partial charge in [0.05, 0.1) is 13.2 Å². The molecule has 146 valence electrons. The summed E-state index contributed by atoms with van der Waals surface area (Å²) in [5, 5.41) is 3.47. The van der Waals surface area contributed by atoms with Crippen LogP contribution in [0.15, 0.2) is 17.4 Å². The highest BCUT2D eigenvalue weighted by Crippen LogP contribution is 2.17. The van der Waals surface area contributed by atoms with E-state index in [1.54, 1.807) is 0 Å². The van der Waals surface area contributed by atoms with Gasteiger partial charge in [0.25, 0.3) is 0 Å². The summed E-state index contributed by atoms with van der Waals surface area (Å²) in [4.78, 5) is 14.4. The zero-order valence-electron chi connectivity index (χ0n) is 16.5. The Balaban J connectivity index is 1.61. The van der Waals surface area contributed by atoms with E-state index in [4.69, 9.17) is 9.73 Å². The molecule has 0 spiro atoms. The highest BCUT2D eigenvalue weighted by atomic mass is 16.5. The smallest absolute Gasteiger partial charge is 0.194 e. The summed E-state index contributed by atoms with van der Waals surface area (Å²) >= 11 is 0. The van der Waals surface area contributed by atoms with E-state index in [0.717, 1.165) is 64.3 Å². The van der Waals surface area contributed by atoms with Crippen LogP contribution in [-0.4, -0.2) is 77.3 Å². The van der Waals surface area contributed by atoms with Gasteiger partial charge in [0.15, 0.2) is 5.96 Å². The molecule has 3 rings (SSSR count). The molecule has 0 aliphatic carbocycles. The average molecular weight is 363 g/mol. The molecule has 7 nitrogen and oxygen atoms in total. The summed E-state index contributed by atoms with van der Waals surface area (Å²) in [5.41, 5.74) is 0. The van der Waals surface area contributed by atoms with Crippen molar-refractivity contribution in [3.05, 3.63) is 18.2 Å². The van der Waals surface area contributed by atoms with Crippen LogP contribution in [-0.2, 0) is 17.8 Å². The number of imidazole rings is 1. The summed E-state index contributed by atoms with van der Waals surface area (Å²) in [6, 6.07) is 0.616. The van der Waals surface area contributed by atoms with Crippen molar-refractivity contribution in [2.75, 3.05) is 45.9 Å². The first kappa shape index (κ1) is 19.2. The molecule has 0 aromatic carbocycles. The van der Waals surface area contributed by atoms with Gasteiger partial charge in [0.2, 0.25) is 0 Å². The zero-order chi connectivity index (χ0) is 18.4. The number of hydrogen-bond acceptors (Lipinski definition) is 4. The van der Waals surface area contributed by atoms with Gasteiger partial charge in [-0.1, -0.05) is 13.8 Å². The highest BCUT2D eigenvalue weighted by Gasteiger charge is 2.30. The fraction of sp³-hybridized carbons (Fsp3) is 0.789. The number of morpholine rings is 1. The van der Waals surface area contributed by atoms with Gasteiger partial charge in [-0.05, 0) is 19.3 Å². The Morgan fingerprint density at radius 3 is 2.88 bits per heavy atom. The topological polar surface area (TPSA) is 57.9 Å². The van der Waals surface area contributed by atoms with Crippen LogP contribution in [0.25, 0.3) is 0 Å². The van der Waals surface area contributed by atoms with Crippen molar-refractivity contribution in [1.82, 2.24) is 24.7 Å². The van der Waals surface area contributed by atoms with Crippen LogP contribution in [0, 0.1) is 5.92 Å². The molecular formula is C19H34N6O. The van der Waals surface area contributed by atoms with Crippen molar-refractivity contribution in [3.8, 4) is 0 Å². The molecule has 0 saturated carbocycles. The fourth-order valence-electron chi connectivity index (χ4n) is 3.80. The van der Waals surface area contributed by atoms with Crippen LogP contribution in [0.1, 0.15) is 33.0 Å². The molecule has 2 aliphatic rings. The third-order valence-electron chi connectivity index (χ3n) is 5.09. The van der Waals surface area contributed by atoms with Gasteiger partial charge < -0.3 is 19.5 Å². The number of ether oxygens (including phenoxy) is 1. The summed E-state index contributed by atoms with van der Waals surface area (Å²) in [6.07, 6.45) is 5.14. The molecule has 2 saturated heterocycles. The molecule has 1 atom stereocenters. The Hall–Kier alpha value is -1.60. The van der Waals surface area contributed by atoms with Crippen LogP contribution in [0.3, 0.4) is 0 Å². The quantitative estimate of drug-likeness (QED) is 0.613. The van der Waals surface area contributed by atoms with Crippen molar-refractivity contribution in [1.29, 1.82) is 0 Å². The Labute approximate surface area is 157 Å². The molecule has 1 unspecified atom stereocenters. The molecular weight excluding hydrogens is 328 g/mol. The second-order valence-corrected chi connectivity index (χ2v) is 7.60. The lowest BCUT2D eigenvalue weighted by atomic mass is 10.2. The summed E-state index contributed by atoms with van der Waals surface area (Å²) in [7, 11) is 0. The standard InChI is InChI=1S/C19H34N6O/c1-4-20-19(22-13-18-21-6-8-24(18)14-16(2)3)25-7-5-17(15-25)23-9-11-26-12-10-23/h6,8,16-17H,4-5,7,9-15H2,1-3H3,(H,20,22). The number of guanidine groups is 1. The van der Waals surface area contributed by atoms with E-state index in [1.165, 1.54) is 6.42 Å². The number of likely N-dealkylation sites (tertiary alicyclic amines) is 1. The SMILES string of the molecule is CCNC(=NCc1nccn1CC(C)C)N1CCC(N2CCOCC2)C1. The highest BCUT2D eigenvalue weighted by molar-refractivity contribution is 5.80. The summed E-state index contributed by atoms with van der Waals surface area (Å²) in [6.45, 7) is 15.0. The lowest BCUT2D eigenvalue weighted by Crippen LogP contribution is -2.46. The average Bonchev–Trinajstić information content (AvgIpc) is 3.29. The number of nitrogens with one attached hydrogen (secondary N) is 1. The van der Waals surface area contributed by atoms with Crippen LogP contribution in [0.4, 0.5) is 0 Å². The van der Waals surface area contributed by atoms with Crippen LogP contribution in [0.2, 0.25) is 0 Å². The lowest BCUT2D eigenvalue weighted by Gasteiger charge is -2.32. The minimum absolute atomic E-state index is 0.605. The van der Waals surface area contributed by atoms with E-state index >= 15 is 0 Å². The molecule has 7 heteroatoms. The molecule has 2 aliphatic heterocycles. The Kier molecular flexibility index (Phi) is 6.91. The Morgan fingerprint density at radius 2 is 2.15 bits per heavy atom. The minimum atomic E-state index is 0.605. The minimum Gasteiger partial charge on any atom is -0.379 e. The molecule has 26 heavy (non-hydrogen) atoms. The third kappa shape index (κ3) is 4.98. The molecule has 1 N–H and O–H groups in total. The summed E-state index contributed by atoms with van der Waals surface area (Å²) < 4.78 is 7.71. The normalized spacial score (nSPS) is 22.4. The number of hydrogen-bond donors (Lipinski definition) is 1. The van der Waals surface area contributed by atoms with Crippen molar-refractivity contribution in [2.24, 2.45) is 10.9 Å². The Morgan fingerprint density at radius 1 is 1.35 bits per heavy atom. The van der Waals surface area contributed by atoms with Gasteiger partial charge in [-0.2, -0.15) is 0 Å². The van der Waals surface area contributed by atoms with Gasteiger partial charge in [-0.3, -0.25) is 4.90 Å². The van der Waals surface area contributed by atoms with Gasteiger partial charge in [-0.15, -0.1) is 0 Å². The van der Waals surface area contributed by atoms with Gasteiger partial charge in [-0.25, -0.2) is 9.98 Å². The number of nitrogens with zero attached hydrogens (tertiary/aromatic N) is 5.